The van der Waals surface area contributed by atoms with Gasteiger partial charge in [-0.2, -0.15) is 0 Å². The second kappa shape index (κ2) is 7.64. The van der Waals surface area contributed by atoms with Crippen LogP contribution in [0.2, 0.25) is 0 Å². The van der Waals surface area contributed by atoms with Gasteiger partial charge in [-0.05, 0) is 57.0 Å². The van der Waals surface area contributed by atoms with Gasteiger partial charge in [-0.3, -0.25) is 4.79 Å². The zero-order valence-electron chi connectivity index (χ0n) is 15.9. The molecule has 0 N–H and O–H groups in total. The van der Waals surface area contributed by atoms with Crippen molar-refractivity contribution in [3.8, 4) is 0 Å². The summed E-state index contributed by atoms with van der Waals surface area (Å²) < 4.78 is 17.8. The molecule has 0 fully saturated rings. The van der Waals surface area contributed by atoms with Crippen molar-refractivity contribution >= 4 is 29.1 Å². The largest absolute Gasteiger partial charge is 0.461 e. The predicted octanol–water partition coefficient (Wildman–Crippen LogP) is 4.76. The van der Waals surface area contributed by atoms with Gasteiger partial charge in [0, 0.05) is 18.5 Å². The molecule has 0 saturated heterocycles. The Morgan fingerprint density at radius 1 is 1.04 bits per heavy atom. The highest BCUT2D eigenvalue weighted by Gasteiger charge is 2.27. The van der Waals surface area contributed by atoms with Crippen LogP contribution in [0.4, 0.5) is 0 Å². The second-order valence-electron chi connectivity index (χ2n) is 7.08. The fourth-order valence-corrected chi connectivity index (χ4v) is 2.93. The van der Waals surface area contributed by atoms with E-state index in [9.17, 15) is 4.79 Å². The number of para-hydroxylation sites is 1. The quantitative estimate of drug-likeness (QED) is 0.454. The molecule has 0 bridgehead atoms. The molecule has 1 aromatic heterocycles. The number of hydrogen-bond acceptors (Lipinski definition) is 4. The minimum Gasteiger partial charge on any atom is -0.456 e. The molecule has 136 valence electrons. The molecule has 1 heterocycles. The lowest BCUT2D eigenvalue weighted by Crippen LogP contribution is -2.37. The Balaban J connectivity index is 1.96. The molecule has 3 rings (SSSR count). The maximum Gasteiger partial charge on any atom is 0.461 e. The van der Waals surface area contributed by atoms with Gasteiger partial charge >= 0.3 is 7.12 Å². The van der Waals surface area contributed by atoms with Gasteiger partial charge in [-0.1, -0.05) is 25.1 Å². The lowest BCUT2D eigenvalue weighted by atomic mass is 9.78. The molecular weight excluding hydrogens is 327 g/mol. The van der Waals surface area contributed by atoms with Crippen molar-refractivity contribution in [3.05, 3.63) is 58.3 Å². The number of hydrogen-bond donors (Lipinski definition) is 0. The highest BCUT2D eigenvalue weighted by Crippen LogP contribution is 2.22. The summed E-state index contributed by atoms with van der Waals surface area (Å²) in [5, 5.41) is 1.19. The number of rotatable bonds is 7. The highest BCUT2D eigenvalue weighted by atomic mass is 16.6. The fraction of sp³-hybridized carbons (Fsp3) is 0.381. The molecule has 0 aliphatic carbocycles. The minimum absolute atomic E-state index is 0.00790. The van der Waals surface area contributed by atoms with Crippen LogP contribution in [0.15, 0.2) is 51.7 Å². The maximum absolute atomic E-state index is 12.8. The van der Waals surface area contributed by atoms with Gasteiger partial charge in [0.1, 0.15) is 11.2 Å². The molecule has 2 aromatic carbocycles. The summed E-state index contributed by atoms with van der Waals surface area (Å²) in [5.74, 6) is 0. The van der Waals surface area contributed by atoms with E-state index in [4.69, 9.17) is 13.7 Å². The summed E-state index contributed by atoms with van der Waals surface area (Å²) in [5.41, 5.74) is 1.93. The fourth-order valence-electron chi connectivity index (χ4n) is 2.93. The average molecular weight is 352 g/mol. The molecule has 0 saturated carbocycles. The van der Waals surface area contributed by atoms with Crippen molar-refractivity contribution in [2.75, 3.05) is 6.61 Å². The van der Waals surface area contributed by atoms with Crippen molar-refractivity contribution in [2.24, 2.45) is 0 Å². The summed E-state index contributed by atoms with van der Waals surface area (Å²) in [4.78, 5) is 12.8. The van der Waals surface area contributed by atoms with Gasteiger partial charge in [0.05, 0.1) is 10.8 Å². The van der Waals surface area contributed by atoms with Gasteiger partial charge in [-0.15, -0.1) is 0 Å². The molecule has 0 aliphatic heterocycles. The summed E-state index contributed by atoms with van der Waals surface area (Å²) in [6.07, 6.45) is 1.48. The van der Waals surface area contributed by atoms with Crippen LogP contribution in [-0.4, -0.2) is 19.3 Å². The highest BCUT2D eigenvalue weighted by molar-refractivity contribution is 6.44. The van der Waals surface area contributed by atoms with Gasteiger partial charge in [0.15, 0.2) is 0 Å². The summed E-state index contributed by atoms with van der Waals surface area (Å²) >= 11 is 0. The molecule has 4 nitrogen and oxygen atoms in total. The average Bonchev–Trinajstić information content (AvgIpc) is 2.62. The molecule has 0 amide bonds. The van der Waals surface area contributed by atoms with E-state index in [2.05, 4.69) is 20.8 Å². The monoisotopic (exact) mass is 352 g/mol. The van der Waals surface area contributed by atoms with Gasteiger partial charge in [0.25, 0.3) is 0 Å². The van der Waals surface area contributed by atoms with Crippen LogP contribution < -0.4 is 5.43 Å². The lowest BCUT2D eigenvalue weighted by Gasteiger charge is -2.28. The normalized spacial score (nSPS) is 12.0. The van der Waals surface area contributed by atoms with Crippen molar-refractivity contribution in [3.63, 3.8) is 0 Å². The summed E-state index contributed by atoms with van der Waals surface area (Å²) in [6.45, 7) is 8.73. The van der Waals surface area contributed by atoms with E-state index < -0.39 is 0 Å². The molecular formula is C21H25BO4. The number of benzene rings is 2. The maximum atomic E-state index is 12.8. The third-order valence-electron chi connectivity index (χ3n) is 4.70. The van der Waals surface area contributed by atoms with E-state index in [0.29, 0.717) is 34.9 Å². The first-order valence-corrected chi connectivity index (χ1v) is 9.17. The molecule has 0 atom stereocenters. The van der Waals surface area contributed by atoms with E-state index in [1.54, 1.807) is 6.07 Å². The van der Waals surface area contributed by atoms with Crippen LogP contribution in [0, 0.1) is 0 Å². The van der Waals surface area contributed by atoms with E-state index >= 15 is 0 Å². The Labute approximate surface area is 154 Å². The van der Waals surface area contributed by atoms with Crippen molar-refractivity contribution < 1.29 is 13.7 Å². The second-order valence-corrected chi connectivity index (χ2v) is 7.08. The first-order chi connectivity index (χ1) is 12.4. The molecule has 0 aliphatic rings. The summed E-state index contributed by atoms with van der Waals surface area (Å²) in [6, 6.07) is 13.0. The summed E-state index contributed by atoms with van der Waals surface area (Å²) in [7, 11) is -0.347. The van der Waals surface area contributed by atoms with Gasteiger partial charge in [0.2, 0.25) is 5.43 Å². The van der Waals surface area contributed by atoms with Crippen LogP contribution >= 0.6 is 0 Å². The lowest BCUT2D eigenvalue weighted by molar-refractivity contribution is 0.0639. The van der Waals surface area contributed by atoms with Crippen molar-refractivity contribution in [1.29, 1.82) is 0 Å². The van der Waals surface area contributed by atoms with Crippen LogP contribution in [0.5, 0.6) is 0 Å². The molecule has 3 aromatic rings. The Bertz CT molecular complexity index is 961. The third-order valence-corrected chi connectivity index (χ3v) is 4.70. The molecule has 26 heavy (non-hydrogen) atoms. The molecule has 0 radical (unpaired) electrons. The zero-order valence-corrected chi connectivity index (χ0v) is 15.9. The Hall–Kier alpha value is -2.11. The molecule has 5 heteroatoms. The van der Waals surface area contributed by atoms with Gasteiger partial charge in [-0.25, -0.2) is 0 Å². The van der Waals surface area contributed by atoms with Crippen molar-refractivity contribution in [2.45, 2.75) is 46.0 Å². The zero-order chi connectivity index (χ0) is 18.7. The van der Waals surface area contributed by atoms with Gasteiger partial charge < -0.3 is 13.7 Å². The van der Waals surface area contributed by atoms with Crippen LogP contribution in [0.3, 0.4) is 0 Å². The van der Waals surface area contributed by atoms with Crippen molar-refractivity contribution in [1.82, 2.24) is 0 Å². The van der Waals surface area contributed by atoms with E-state index in [-0.39, 0.29) is 18.1 Å². The minimum atomic E-state index is -0.347. The van der Waals surface area contributed by atoms with E-state index in [0.717, 1.165) is 12.0 Å². The number of fused-ring (bicyclic) bond motifs is 2. The van der Waals surface area contributed by atoms with Crippen LogP contribution in [-0.2, 0) is 15.6 Å². The SMILES string of the molecule is CCOB(Cc1ccc2oc3ccccc3c(=O)c2c1)OC(C)(C)CC. The first-order valence-electron chi connectivity index (χ1n) is 9.17. The van der Waals surface area contributed by atoms with E-state index in [1.165, 1.54) is 0 Å². The standard InChI is InChI=1S/C21H25BO4/c1-5-21(3,4)26-22(24-6-2)14-15-11-12-19-17(13-15)20(23)16-9-7-8-10-18(16)25-19/h7-13H,5-6,14H2,1-4H3. The first kappa shape index (κ1) is 18.7. The van der Waals surface area contributed by atoms with Crippen LogP contribution in [0.1, 0.15) is 39.7 Å². The third kappa shape index (κ3) is 4.00. The topological polar surface area (TPSA) is 48.7 Å². The van der Waals surface area contributed by atoms with Crippen LogP contribution in [0.25, 0.3) is 21.9 Å². The smallest absolute Gasteiger partial charge is 0.456 e. The Morgan fingerprint density at radius 2 is 1.77 bits per heavy atom. The molecule has 0 spiro atoms. The Morgan fingerprint density at radius 3 is 2.50 bits per heavy atom. The van der Waals surface area contributed by atoms with E-state index in [1.807, 2.05) is 43.3 Å². The molecule has 0 unspecified atom stereocenters. The Kier molecular flexibility index (Phi) is 5.49. The predicted molar refractivity (Wildman–Crippen MR) is 107 cm³/mol.